The van der Waals surface area contributed by atoms with E-state index in [9.17, 15) is 8.42 Å². The second-order valence-corrected chi connectivity index (χ2v) is 11.5. The standard InChI is InChI=1S/C26H24N4O4S3/c1-33-22-16-17(11-12-19(22)29-37(2,31)32)30-25(24(28-26(30)35)20-10-6-7-15-27-20)21-13-14-23(34-21)36-18-8-4-3-5-9-18/h3-16,24-25,29H,1-2H3,(H,28,35)/t24-,25+/m0/s1. The molecule has 2 aromatic carbocycles. The van der Waals surface area contributed by atoms with Gasteiger partial charge in [0.1, 0.15) is 17.6 Å². The normalized spacial score (nSPS) is 17.5. The summed E-state index contributed by atoms with van der Waals surface area (Å²) in [6, 6.07) is 24.2. The fraction of sp³-hybridized carbons (Fsp3) is 0.154. The van der Waals surface area contributed by atoms with E-state index in [1.165, 1.54) is 18.9 Å². The summed E-state index contributed by atoms with van der Waals surface area (Å²) in [5, 5.41) is 4.63. The number of nitrogens with one attached hydrogen (secondary N) is 2. The smallest absolute Gasteiger partial charge is 0.229 e. The Morgan fingerprint density at radius 2 is 1.86 bits per heavy atom. The Morgan fingerprint density at radius 3 is 2.57 bits per heavy atom. The van der Waals surface area contributed by atoms with Crippen molar-refractivity contribution in [3.05, 3.63) is 96.5 Å². The van der Waals surface area contributed by atoms with Gasteiger partial charge in [0.25, 0.3) is 0 Å². The molecule has 0 saturated carbocycles. The minimum atomic E-state index is -3.48. The molecule has 0 unspecified atom stereocenters. The lowest BCUT2D eigenvalue weighted by molar-refractivity contribution is 0.383. The third-order valence-electron chi connectivity index (χ3n) is 5.71. The number of furan rings is 1. The van der Waals surface area contributed by atoms with Crippen LogP contribution in [-0.4, -0.2) is 31.9 Å². The Hall–Kier alpha value is -3.54. The van der Waals surface area contributed by atoms with Gasteiger partial charge in [-0.25, -0.2) is 8.42 Å². The molecule has 1 saturated heterocycles. The molecule has 2 N–H and O–H groups in total. The van der Waals surface area contributed by atoms with E-state index in [2.05, 4.69) is 15.0 Å². The molecule has 0 bridgehead atoms. The number of nitrogens with zero attached hydrogens (tertiary/aromatic N) is 2. The van der Waals surface area contributed by atoms with Crippen LogP contribution in [-0.2, 0) is 10.0 Å². The van der Waals surface area contributed by atoms with Crippen molar-refractivity contribution in [1.29, 1.82) is 0 Å². The maximum Gasteiger partial charge on any atom is 0.229 e. The molecule has 190 valence electrons. The maximum atomic E-state index is 11.8. The minimum absolute atomic E-state index is 0.283. The zero-order valence-corrected chi connectivity index (χ0v) is 22.4. The van der Waals surface area contributed by atoms with Crippen LogP contribution in [0.15, 0.2) is 99.5 Å². The highest BCUT2D eigenvalue weighted by Crippen LogP contribution is 2.44. The van der Waals surface area contributed by atoms with E-state index >= 15 is 0 Å². The lowest BCUT2D eigenvalue weighted by Crippen LogP contribution is -2.29. The van der Waals surface area contributed by atoms with Gasteiger partial charge >= 0.3 is 0 Å². The number of benzene rings is 2. The Balaban J connectivity index is 1.55. The molecule has 0 amide bonds. The average Bonchev–Trinajstić information content (AvgIpc) is 3.48. The van der Waals surface area contributed by atoms with Crippen LogP contribution >= 0.6 is 24.0 Å². The number of hydrogen-bond donors (Lipinski definition) is 2. The summed E-state index contributed by atoms with van der Waals surface area (Å²) in [6.45, 7) is 0. The molecule has 1 aliphatic rings. The van der Waals surface area contributed by atoms with Crippen LogP contribution in [0.4, 0.5) is 11.4 Å². The third kappa shape index (κ3) is 5.58. The van der Waals surface area contributed by atoms with Crippen molar-refractivity contribution in [2.24, 2.45) is 0 Å². The number of sulfonamides is 1. The zero-order valence-electron chi connectivity index (χ0n) is 20.0. The van der Waals surface area contributed by atoms with Gasteiger partial charge in [-0.2, -0.15) is 0 Å². The highest BCUT2D eigenvalue weighted by Gasteiger charge is 2.42. The number of aromatic nitrogens is 1. The molecule has 8 nitrogen and oxygen atoms in total. The fourth-order valence-electron chi connectivity index (χ4n) is 4.19. The molecule has 3 heterocycles. The summed E-state index contributed by atoms with van der Waals surface area (Å²) < 4.78 is 37.9. The molecular weight excluding hydrogens is 529 g/mol. The second kappa shape index (κ2) is 10.4. The molecule has 0 radical (unpaired) electrons. The number of ether oxygens (including phenoxy) is 1. The van der Waals surface area contributed by atoms with Crippen LogP contribution in [0.1, 0.15) is 23.5 Å². The highest BCUT2D eigenvalue weighted by atomic mass is 32.2. The van der Waals surface area contributed by atoms with Gasteiger partial charge in [-0.05, 0) is 60.7 Å². The van der Waals surface area contributed by atoms with Crippen molar-refractivity contribution < 1.29 is 17.6 Å². The molecule has 11 heteroatoms. The van der Waals surface area contributed by atoms with Gasteiger partial charge in [0.2, 0.25) is 10.0 Å². The van der Waals surface area contributed by atoms with Crippen molar-refractivity contribution >= 4 is 50.5 Å². The van der Waals surface area contributed by atoms with Crippen LogP contribution in [0.25, 0.3) is 0 Å². The minimum Gasteiger partial charge on any atom is -0.494 e. The van der Waals surface area contributed by atoms with E-state index in [-0.39, 0.29) is 12.1 Å². The largest absolute Gasteiger partial charge is 0.494 e. The van der Waals surface area contributed by atoms with Gasteiger partial charge in [0, 0.05) is 22.8 Å². The lowest BCUT2D eigenvalue weighted by Gasteiger charge is -2.26. The Labute approximate surface area is 225 Å². The first-order valence-corrected chi connectivity index (χ1v) is 14.4. The van der Waals surface area contributed by atoms with Gasteiger partial charge in [0.15, 0.2) is 10.2 Å². The topological polar surface area (TPSA) is 96.7 Å². The summed E-state index contributed by atoms with van der Waals surface area (Å²) in [4.78, 5) is 7.58. The maximum absolute atomic E-state index is 11.8. The number of thiocarbonyl (C=S) groups is 1. The molecule has 2 atom stereocenters. The van der Waals surface area contributed by atoms with E-state index in [1.807, 2.05) is 65.6 Å². The molecule has 1 fully saturated rings. The SMILES string of the molecule is COc1cc(N2C(=S)N[C@@H](c3ccccn3)[C@H]2c2ccc(Sc3ccccc3)o2)ccc1NS(C)(=O)=O. The first-order chi connectivity index (χ1) is 17.8. The molecule has 4 aromatic rings. The molecule has 5 rings (SSSR count). The molecule has 37 heavy (non-hydrogen) atoms. The predicted octanol–water partition coefficient (Wildman–Crippen LogP) is 5.38. The van der Waals surface area contributed by atoms with Crippen molar-refractivity contribution in [3.8, 4) is 5.75 Å². The summed E-state index contributed by atoms with van der Waals surface area (Å²) in [7, 11) is -1.99. The van der Waals surface area contributed by atoms with E-state index in [0.29, 0.717) is 28.0 Å². The van der Waals surface area contributed by atoms with E-state index < -0.39 is 10.0 Å². The van der Waals surface area contributed by atoms with Crippen LogP contribution in [0.5, 0.6) is 5.75 Å². The van der Waals surface area contributed by atoms with Crippen molar-refractivity contribution in [3.63, 3.8) is 0 Å². The first-order valence-electron chi connectivity index (χ1n) is 11.3. The van der Waals surface area contributed by atoms with Gasteiger partial charge < -0.3 is 19.4 Å². The number of hydrogen-bond acceptors (Lipinski definition) is 7. The van der Waals surface area contributed by atoms with Crippen molar-refractivity contribution in [1.82, 2.24) is 10.3 Å². The molecular formula is C26H24N4O4S3. The quantitative estimate of drug-likeness (QED) is 0.279. The second-order valence-electron chi connectivity index (χ2n) is 8.33. The van der Waals surface area contributed by atoms with Gasteiger partial charge in [-0.1, -0.05) is 36.0 Å². The third-order valence-corrected chi connectivity index (χ3v) is 7.55. The molecule has 1 aliphatic heterocycles. The molecule has 2 aromatic heterocycles. The van der Waals surface area contributed by atoms with E-state index in [1.54, 1.807) is 24.4 Å². The fourth-order valence-corrected chi connectivity index (χ4v) is 5.90. The summed E-state index contributed by atoms with van der Waals surface area (Å²) in [5.41, 5.74) is 1.86. The Morgan fingerprint density at radius 1 is 1.08 bits per heavy atom. The van der Waals surface area contributed by atoms with E-state index in [4.69, 9.17) is 21.4 Å². The summed E-state index contributed by atoms with van der Waals surface area (Å²) in [5.74, 6) is 1.07. The Bertz CT molecular complexity index is 1510. The van der Waals surface area contributed by atoms with Crippen molar-refractivity contribution in [2.45, 2.75) is 22.1 Å². The first kappa shape index (κ1) is 25.1. The number of rotatable bonds is 8. The highest BCUT2D eigenvalue weighted by molar-refractivity contribution is 7.99. The van der Waals surface area contributed by atoms with Crippen LogP contribution in [0, 0.1) is 0 Å². The average molecular weight is 553 g/mol. The molecule has 0 spiro atoms. The van der Waals surface area contributed by atoms with Crippen molar-refractivity contribution in [2.75, 3.05) is 23.0 Å². The zero-order chi connectivity index (χ0) is 26.0. The van der Waals surface area contributed by atoms with Gasteiger partial charge in [0.05, 0.1) is 30.8 Å². The van der Waals surface area contributed by atoms with E-state index in [0.717, 1.165) is 21.9 Å². The number of pyridine rings is 1. The van der Waals surface area contributed by atoms with Crippen LogP contribution < -0.4 is 19.7 Å². The number of anilines is 2. The number of methoxy groups -OCH3 is 1. The summed E-state index contributed by atoms with van der Waals surface area (Å²) in [6.07, 6.45) is 2.84. The molecule has 0 aliphatic carbocycles. The Kier molecular flexibility index (Phi) is 7.09. The van der Waals surface area contributed by atoms with Gasteiger partial charge in [-0.3, -0.25) is 9.71 Å². The summed E-state index contributed by atoms with van der Waals surface area (Å²) >= 11 is 7.31. The van der Waals surface area contributed by atoms with Gasteiger partial charge in [-0.15, -0.1) is 0 Å². The predicted molar refractivity (Wildman–Crippen MR) is 149 cm³/mol. The monoisotopic (exact) mass is 552 g/mol. The lowest BCUT2D eigenvalue weighted by atomic mass is 10.0. The van der Waals surface area contributed by atoms with Crippen LogP contribution in [0.3, 0.4) is 0 Å². The van der Waals surface area contributed by atoms with Crippen LogP contribution in [0.2, 0.25) is 0 Å².